The van der Waals surface area contributed by atoms with Crippen LogP contribution in [0, 0.1) is 58.2 Å². The minimum Gasteiger partial charge on any atom is -0.390 e. The first kappa shape index (κ1) is 24.1. The van der Waals surface area contributed by atoms with E-state index in [1.165, 1.54) is 64.2 Å². The molecule has 0 amide bonds. The monoisotopic (exact) mass is 432 g/mol. The van der Waals surface area contributed by atoms with Crippen molar-refractivity contribution < 1.29 is 10.2 Å². The molecular formula is C29H52O2. The molecule has 31 heavy (non-hydrogen) atoms. The summed E-state index contributed by atoms with van der Waals surface area (Å²) in [7, 11) is 0. The number of hydrogen-bond donors (Lipinski definition) is 2. The lowest BCUT2D eigenvalue weighted by Crippen LogP contribution is -2.53. The molecular weight excluding hydrogens is 380 g/mol. The highest BCUT2D eigenvalue weighted by Crippen LogP contribution is 2.68. The van der Waals surface area contributed by atoms with Crippen LogP contribution in [0.3, 0.4) is 0 Å². The fourth-order valence-corrected chi connectivity index (χ4v) is 10.1. The van der Waals surface area contributed by atoms with Crippen molar-refractivity contribution in [3.8, 4) is 0 Å². The number of aliphatic hydroxyl groups excluding tert-OH is 2. The first-order chi connectivity index (χ1) is 14.6. The van der Waals surface area contributed by atoms with Crippen LogP contribution in [-0.2, 0) is 0 Å². The van der Waals surface area contributed by atoms with Crippen molar-refractivity contribution in [2.45, 2.75) is 124 Å². The van der Waals surface area contributed by atoms with Gasteiger partial charge in [0.2, 0.25) is 0 Å². The van der Waals surface area contributed by atoms with Crippen molar-refractivity contribution in [1.29, 1.82) is 0 Å². The van der Waals surface area contributed by atoms with Crippen LogP contribution in [0.1, 0.15) is 112 Å². The summed E-state index contributed by atoms with van der Waals surface area (Å²) >= 11 is 0. The van der Waals surface area contributed by atoms with Crippen molar-refractivity contribution in [1.82, 2.24) is 0 Å². The Kier molecular flexibility index (Phi) is 6.93. The second kappa shape index (κ2) is 8.94. The van der Waals surface area contributed by atoms with Gasteiger partial charge in [-0.2, -0.15) is 0 Å². The fraction of sp³-hybridized carbons (Fsp3) is 1.00. The Labute approximate surface area is 193 Å². The topological polar surface area (TPSA) is 40.5 Å². The molecule has 2 nitrogen and oxygen atoms in total. The maximum Gasteiger partial charge on any atom is 0.0832 e. The van der Waals surface area contributed by atoms with Crippen molar-refractivity contribution >= 4 is 0 Å². The molecule has 4 saturated carbocycles. The fourth-order valence-electron chi connectivity index (χ4n) is 10.1. The summed E-state index contributed by atoms with van der Waals surface area (Å²) in [6.45, 7) is 14.0. The molecule has 0 aromatic rings. The van der Waals surface area contributed by atoms with Gasteiger partial charge in [-0.1, -0.05) is 60.8 Å². The van der Waals surface area contributed by atoms with E-state index < -0.39 is 12.2 Å². The van der Waals surface area contributed by atoms with Gasteiger partial charge in [0.1, 0.15) is 0 Å². The van der Waals surface area contributed by atoms with Gasteiger partial charge in [-0.3, -0.25) is 0 Å². The summed E-state index contributed by atoms with van der Waals surface area (Å²) in [6, 6.07) is 0. The Morgan fingerprint density at radius 1 is 0.774 bits per heavy atom. The molecule has 4 aliphatic rings. The van der Waals surface area contributed by atoms with Crippen LogP contribution in [0.5, 0.6) is 0 Å². The highest BCUT2D eigenvalue weighted by atomic mass is 16.3. The van der Waals surface area contributed by atoms with Crippen molar-refractivity contribution in [2.24, 2.45) is 58.2 Å². The zero-order chi connectivity index (χ0) is 22.6. The number of aliphatic hydroxyl groups is 2. The summed E-state index contributed by atoms with van der Waals surface area (Å²) in [6.07, 6.45) is 14.0. The van der Waals surface area contributed by atoms with Crippen LogP contribution in [0.15, 0.2) is 0 Å². The lowest BCUT2D eigenvalue weighted by Gasteiger charge is -2.61. The van der Waals surface area contributed by atoms with E-state index in [1.54, 1.807) is 0 Å². The summed E-state index contributed by atoms with van der Waals surface area (Å²) in [5.74, 6) is 5.05. The first-order valence-electron chi connectivity index (χ1n) is 14.0. The van der Waals surface area contributed by atoms with E-state index in [0.29, 0.717) is 22.7 Å². The SMILES string of the molecule is CC[C@@H](C(C)C)C(O)C(O)[C@@H](C)[C@H]1CC[C@H]2[C@@H]3CCC4CCCC[C@]4(C)[C@H]3CC[C@]12C. The highest BCUT2D eigenvalue weighted by Gasteiger charge is 2.60. The van der Waals surface area contributed by atoms with E-state index in [9.17, 15) is 10.2 Å². The van der Waals surface area contributed by atoms with Gasteiger partial charge >= 0.3 is 0 Å². The van der Waals surface area contributed by atoms with Crippen LogP contribution >= 0.6 is 0 Å². The second-order valence-electron chi connectivity index (χ2n) is 13.3. The molecule has 11 atom stereocenters. The van der Waals surface area contributed by atoms with Crippen molar-refractivity contribution in [2.75, 3.05) is 0 Å². The van der Waals surface area contributed by atoms with E-state index >= 15 is 0 Å². The third-order valence-corrected chi connectivity index (χ3v) is 11.9. The average Bonchev–Trinajstić information content (AvgIpc) is 3.09. The Morgan fingerprint density at radius 3 is 2.16 bits per heavy atom. The number of hydrogen-bond acceptors (Lipinski definition) is 2. The van der Waals surface area contributed by atoms with Gasteiger partial charge < -0.3 is 10.2 Å². The summed E-state index contributed by atoms with van der Waals surface area (Å²) in [4.78, 5) is 0. The predicted molar refractivity (Wildman–Crippen MR) is 130 cm³/mol. The first-order valence-corrected chi connectivity index (χ1v) is 14.0. The minimum atomic E-state index is -0.587. The zero-order valence-electron chi connectivity index (χ0n) is 21.4. The molecule has 2 heteroatoms. The Balaban J connectivity index is 1.51. The van der Waals surface area contributed by atoms with Gasteiger partial charge in [-0.25, -0.2) is 0 Å². The summed E-state index contributed by atoms with van der Waals surface area (Å²) in [5, 5.41) is 22.3. The maximum atomic E-state index is 11.3. The van der Waals surface area contributed by atoms with Crippen LogP contribution in [-0.4, -0.2) is 22.4 Å². The van der Waals surface area contributed by atoms with E-state index in [-0.39, 0.29) is 11.8 Å². The smallest absolute Gasteiger partial charge is 0.0832 e. The van der Waals surface area contributed by atoms with E-state index in [2.05, 4.69) is 41.5 Å². The van der Waals surface area contributed by atoms with Crippen molar-refractivity contribution in [3.63, 3.8) is 0 Å². The van der Waals surface area contributed by atoms with Crippen molar-refractivity contribution in [3.05, 3.63) is 0 Å². The molecule has 0 aromatic heterocycles. The molecule has 4 fully saturated rings. The largest absolute Gasteiger partial charge is 0.390 e. The normalized spacial score (nSPS) is 46.5. The molecule has 3 unspecified atom stereocenters. The molecule has 2 N–H and O–H groups in total. The summed E-state index contributed by atoms with van der Waals surface area (Å²) < 4.78 is 0. The molecule has 180 valence electrons. The van der Waals surface area contributed by atoms with Gasteiger partial charge in [-0.05, 0) is 110 Å². The van der Waals surface area contributed by atoms with Crippen LogP contribution in [0.2, 0.25) is 0 Å². The van der Waals surface area contributed by atoms with E-state index in [0.717, 1.165) is 30.1 Å². The molecule has 0 bridgehead atoms. The predicted octanol–water partition coefficient (Wildman–Crippen LogP) is 7.08. The van der Waals surface area contributed by atoms with Gasteiger partial charge in [0.05, 0.1) is 12.2 Å². The van der Waals surface area contributed by atoms with Gasteiger partial charge in [0, 0.05) is 0 Å². The number of fused-ring (bicyclic) bond motifs is 5. The third-order valence-electron chi connectivity index (χ3n) is 11.9. The Hall–Kier alpha value is -0.0800. The third kappa shape index (κ3) is 3.84. The molecule has 0 saturated heterocycles. The number of rotatable bonds is 6. The van der Waals surface area contributed by atoms with Gasteiger partial charge in [0.15, 0.2) is 0 Å². The summed E-state index contributed by atoms with van der Waals surface area (Å²) in [5.41, 5.74) is 0.964. The highest BCUT2D eigenvalue weighted by molar-refractivity contribution is 5.09. The van der Waals surface area contributed by atoms with Crippen LogP contribution in [0.25, 0.3) is 0 Å². The molecule has 0 spiro atoms. The van der Waals surface area contributed by atoms with Crippen LogP contribution < -0.4 is 0 Å². The molecule has 0 radical (unpaired) electrons. The lowest BCUT2D eigenvalue weighted by molar-refractivity contribution is -0.126. The van der Waals surface area contributed by atoms with Gasteiger partial charge in [-0.15, -0.1) is 0 Å². The molecule has 0 heterocycles. The molecule has 4 aliphatic carbocycles. The van der Waals surface area contributed by atoms with Crippen LogP contribution in [0.4, 0.5) is 0 Å². The average molecular weight is 433 g/mol. The molecule has 0 aliphatic heterocycles. The quantitative estimate of drug-likeness (QED) is 0.471. The minimum absolute atomic E-state index is 0.191. The second-order valence-corrected chi connectivity index (χ2v) is 13.3. The maximum absolute atomic E-state index is 11.3. The Bertz CT molecular complexity index is 616. The van der Waals surface area contributed by atoms with E-state index in [4.69, 9.17) is 0 Å². The standard InChI is InChI=1S/C29H52O2/c1-7-21(18(2)3)27(31)26(30)19(4)23-13-14-24-22-12-11-20-10-8-9-16-28(20,5)25(22)15-17-29(23,24)6/h18-27,30-31H,7-17H2,1-6H3/t19-,20?,21-,22-,23+,24-,25-,26?,27?,28-,29+/m0/s1. The lowest BCUT2D eigenvalue weighted by atomic mass is 9.44. The molecule has 4 rings (SSSR count). The van der Waals surface area contributed by atoms with E-state index in [1.807, 2.05) is 0 Å². The van der Waals surface area contributed by atoms with Gasteiger partial charge in [0.25, 0.3) is 0 Å². The zero-order valence-corrected chi connectivity index (χ0v) is 21.4. The Morgan fingerprint density at radius 2 is 1.48 bits per heavy atom. The molecule has 0 aromatic carbocycles.